The number of hydrogen-bond acceptors (Lipinski definition) is 5. The zero-order chi connectivity index (χ0) is 10.6. The number of rotatable bonds is 4. The van der Waals surface area contributed by atoms with Crippen molar-refractivity contribution in [2.45, 2.75) is 20.3 Å². The number of aromatic nitrogens is 2. The Morgan fingerprint density at radius 3 is 2.50 bits per heavy atom. The summed E-state index contributed by atoms with van der Waals surface area (Å²) in [5.41, 5.74) is 1.71. The predicted octanol–water partition coefficient (Wildman–Crippen LogP) is -0.355. The van der Waals surface area contributed by atoms with Gasteiger partial charge in [0.25, 0.3) is 0 Å². The van der Waals surface area contributed by atoms with Crippen molar-refractivity contribution in [1.82, 2.24) is 9.97 Å². The van der Waals surface area contributed by atoms with Crippen LogP contribution >= 0.6 is 0 Å². The van der Waals surface area contributed by atoms with Crippen LogP contribution < -0.4 is 10.4 Å². The highest BCUT2D eigenvalue weighted by Gasteiger charge is 1.97. The third-order valence-corrected chi connectivity index (χ3v) is 1.59. The van der Waals surface area contributed by atoms with Crippen molar-refractivity contribution < 1.29 is 9.90 Å². The summed E-state index contributed by atoms with van der Waals surface area (Å²) < 4.78 is 0. The van der Waals surface area contributed by atoms with E-state index in [2.05, 4.69) is 15.3 Å². The Balaban J connectivity index is 2.54. The molecule has 14 heavy (non-hydrogen) atoms. The summed E-state index contributed by atoms with van der Waals surface area (Å²) in [4.78, 5) is 18.3. The summed E-state index contributed by atoms with van der Waals surface area (Å²) in [5.74, 6) is -0.620. The van der Waals surface area contributed by atoms with Crippen LogP contribution in [0.4, 0.5) is 5.95 Å². The summed E-state index contributed by atoms with van der Waals surface area (Å²) in [6.07, 6.45) is -0.0453. The lowest BCUT2D eigenvalue weighted by molar-refractivity contribution is -0.305. The third kappa shape index (κ3) is 3.38. The molecular formula is C9H12N3O2-. The second-order valence-electron chi connectivity index (χ2n) is 3.02. The minimum Gasteiger partial charge on any atom is -0.550 e. The van der Waals surface area contributed by atoms with Crippen LogP contribution in [-0.2, 0) is 4.79 Å². The van der Waals surface area contributed by atoms with Gasteiger partial charge >= 0.3 is 0 Å². The van der Waals surface area contributed by atoms with E-state index >= 15 is 0 Å². The molecule has 0 aliphatic rings. The zero-order valence-corrected chi connectivity index (χ0v) is 8.20. The van der Waals surface area contributed by atoms with E-state index in [4.69, 9.17) is 0 Å². The molecule has 0 spiro atoms. The molecule has 1 aromatic rings. The topological polar surface area (TPSA) is 77.9 Å². The van der Waals surface area contributed by atoms with E-state index in [1.807, 2.05) is 19.9 Å². The molecule has 0 saturated carbocycles. The first kappa shape index (κ1) is 10.4. The van der Waals surface area contributed by atoms with Gasteiger partial charge in [-0.2, -0.15) is 0 Å². The first-order valence-electron chi connectivity index (χ1n) is 4.34. The van der Waals surface area contributed by atoms with Gasteiger partial charge in [-0.25, -0.2) is 9.97 Å². The number of aryl methyl sites for hydroxylation is 2. The molecule has 0 amide bonds. The van der Waals surface area contributed by atoms with Crippen LogP contribution in [0.2, 0.25) is 0 Å². The van der Waals surface area contributed by atoms with Crippen molar-refractivity contribution in [3.8, 4) is 0 Å². The summed E-state index contributed by atoms with van der Waals surface area (Å²) >= 11 is 0. The Labute approximate surface area is 82.2 Å². The number of carbonyl (C=O) groups is 1. The highest BCUT2D eigenvalue weighted by atomic mass is 16.4. The maximum Gasteiger partial charge on any atom is 0.223 e. The fraction of sp³-hybridized carbons (Fsp3) is 0.444. The van der Waals surface area contributed by atoms with Crippen molar-refractivity contribution in [3.05, 3.63) is 17.5 Å². The first-order valence-corrected chi connectivity index (χ1v) is 4.34. The molecule has 0 saturated heterocycles. The largest absolute Gasteiger partial charge is 0.550 e. The van der Waals surface area contributed by atoms with E-state index in [9.17, 15) is 9.90 Å². The van der Waals surface area contributed by atoms with Crippen molar-refractivity contribution in [1.29, 1.82) is 0 Å². The molecule has 1 heterocycles. The maximum absolute atomic E-state index is 10.1. The molecule has 0 aliphatic carbocycles. The molecule has 0 atom stereocenters. The van der Waals surface area contributed by atoms with Crippen molar-refractivity contribution in [2.24, 2.45) is 0 Å². The molecule has 1 aromatic heterocycles. The first-order chi connectivity index (χ1) is 6.58. The Morgan fingerprint density at radius 2 is 2.00 bits per heavy atom. The van der Waals surface area contributed by atoms with Crippen LogP contribution in [0.3, 0.4) is 0 Å². The van der Waals surface area contributed by atoms with E-state index in [-0.39, 0.29) is 13.0 Å². The van der Waals surface area contributed by atoms with Crippen molar-refractivity contribution in [2.75, 3.05) is 11.9 Å². The average Bonchev–Trinajstić information content (AvgIpc) is 2.01. The lowest BCUT2D eigenvalue weighted by atomic mass is 10.3. The highest BCUT2D eigenvalue weighted by molar-refractivity contribution is 5.64. The monoisotopic (exact) mass is 194 g/mol. The normalized spacial score (nSPS) is 9.86. The van der Waals surface area contributed by atoms with E-state index in [0.29, 0.717) is 5.95 Å². The average molecular weight is 194 g/mol. The standard InChI is InChI=1S/C9H13N3O2/c1-6-5-7(2)12-9(11-6)10-4-3-8(13)14/h5H,3-4H2,1-2H3,(H,13,14)(H,10,11,12)/p-1. The number of carboxylic acids is 1. The minimum atomic E-state index is -1.08. The molecule has 0 radical (unpaired) electrons. The molecule has 5 heteroatoms. The summed E-state index contributed by atoms with van der Waals surface area (Å²) in [6.45, 7) is 4.00. The van der Waals surface area contributed by atoms with Gasteiger partial charge in [0.15, 0.2) is 0 Å². The van der Waals surface area contributed by atoms with Crippen molar-refractivity contribution in [3.63, 3.8) is 0 Å². The molecule has 76 valence electrons. The maximum atomic E-state index is 10.1. The number of nitrogens with one attached hydrogen (secondary N) is 1. The fourth-order valence-electron chi connectivity index (χ4n) is 1.08. The quantitative estimate of drug-likeness (QED) is 0.708. The molecular weight excluding hydrogens is 182 g/mol. The van der Waals surface area contributed by atoms with Gasteiger partial charge in [-0.05, 0) is 19.9 Å². The lowest BCUT2D eigenvalue weighted by Gasteiger charge is -2.06. The number of aliphatic carboxylic acids is 1. The number of anilines is 1. The van der Waals surface area contributed by atoms with Crippen molar-refractivity contribution >= 4 is 11.9 Å². The molecule has 1 rings (SSSR count). The van der Waals surface area contributed by atoms with E-state index in [1.165, 1.54) is 0 Å². The molecule has 0 bridgehead atoms. The number of carboxylic acid groups (broad SMARTS) is 1. The molecule has 0 aromatic carbocycles. The summed E-state index contributed by atoms with van der Waals surface area (Å²) in [6, 6.07) is 1.85. The highest BCUT2D eigenvalue weighted by Crippen LogP contribution is 2.03. The second-order valence-corrected chi connectivity index (χ2v) is 3.02. The Bertz CT molecular complexity index is 319. The second kappa shape index (κ2) is 4.55. The lowest BCUT2D eigenvalue weighted by Crippen LogP contribution is -2.25. The van der Waals surface area contributed by atoms with Gasteiger partial charge in [-0.3, -0.25) is 0 Å². The zero-order valence-electron chi connectivity index (χ0n) is 8.20. The molecule has 1 N–H and O–H groups in total. The van der Waals surface area contributed by atoms with Gasteiger partial charge in [0.2, 0.25) is 5.95 Å². The summed E-state index contributed by atoms with van der Waals surface area (Å²) in [7, 11) is 0. The van der Waals surface area contributed by atoms with Gasteiger partial charge in [0.1, 0.15) is 0 Å². The number of carbonyl (C=O) groups excluding carboxylic acids is 1. The Kier molecular flexibility index (Phi) is 3.39. The van der Waals surface area contributed by atoms with Crippen LogP contribution in [0.25, 0.3) is 0 Å². The van der Waals surface area contributed by atoms with Gasteiger partial charge in [0, 0.05) is 30.3 Å². The van der Waals surface area contributed by atoms with Crippen LogP contribution in [0.15, 0.2) is 6.07 Å². The Morgan fingerprint density at radius 1 is 1.43 bits per heavy atom. The van der Waals surface area contributed by atoms with E-state index < -0.39 is 5.97 Å². The predicted molar refractivity (Wildman–Crippen MR) is 49.6 cm³/mol. The molecule has 0 aliphatic heterocycles. The molecule has 5 nitrogen and oxygen atoms in total. The number of hydrogen-bond donors (Lipinski definition) is 1. The fourth-order valence-corrected chi connectivity index (χ4v) is 1.08. The van der Waals surface area contributed by atoms with Gasteiger partial charge < -0.3 is 15.2 Å². The summed E-state index contributed by atoms with van der Waals surface area (Å²) in [5, 5.41) is 12.9. The van der Waals surface area contributed by atoms with Crippen LogP contribution in [0.1, 0.15) is 17.8 Å². The Hall–Kier alpha value is -1.65. The SMILES string of the molecule is Cc1cc(C)nc(NCCC(=O)[O-])n1. The van der Waals surface area contributed by atoms with Crippen LogP contribution in [0, 0.1) is 13.8 Å². The van der Waals surface area contributed by atoms with Crippen LogP contribution in [-0.4, -0.2) is 22.5 Å². The van der Waals surface area contributed by atoms with Crippen LogP contribution in [0.5, 0.6) is 0 Å². The third-order valence-electron chi connectivity index (χ3n) is 1.59. The van der Waals surface area contributed by atoms with E-state index in [0.717, 1.165) is 11.4 Å². The molecule has 0 fully saturated rings. The van der Waals surface area contributed by atoms with Gasteiger partial charge in [-0.15, -0.1) is 0 Å². The van der Waals surface area contributed by atoms with E-state index in [1.54, 1.807) is 0 Å². The molecule has 0 unspecified atom stereocenters. The van der Waals surface area contributed by atoms with Gasteiger partial charge in [0.05, 0.1) is 0 Å². The smallest absolute Gasteiger partial charge is 0.223 e. The minimum absolute atomic E-state index is 0.0453. The van der Waals surface area contributed by atoms with Gasteiger partial charge in [-0.1, -0.05) is 0 Å². The number of nitrogens with zero attached hydrogens (tertiary/aromatic N) is 2.